The average molecular weight is 342 g/mol. The molecule has 0 aliphatic carbocycles. The largest absolute Gasteiger partial charge is 0.331 e. The SMILES string of the molecule is CCCCNS(=O)(=O)c1ccc2c(c1)[nH]c(=S)n2CCCC. The Hall–Kier alpha value is -1.18. The van der Waals surface area contributed by atoms with Gasteiger partial charge in [-0.05, 0) is 43.3 Å². The Bertz CT molecular complexity index is 791. The standard InChI is InChI=1S/C15H23N3O2S2/c1-3-5-9-16-22(19,20)12-7-8-14-13(11-12)17-15(21)18(14)10-6-4-2/h7-8,11,16H,3-6,9-10H2,1-2H3,(H,17,21). The molecule has 0 aliphatic heterocycles. The first-order valence-electron chi connectivity index (χ1n) is 7.71. The minimum absolute atomic E-state index is 0.273. The molecule has 0 atom stereocenters. The first-order valence-corrected chi connectivity index (χ1v) is 9.61. The molecule has 1 aromatic carbocycles. The smallest absolute Gasteiger partial charge is 0.240 e. The molecule has 0 spiro atoms. The fraction of sp³-hybridized carbons (Fsp3) is 0.533. The van der Waals surface area contributed by atoms with Gasteiger partial charge in [-0.3, -0.25) is 0 Å². The lowest BCUT2D eigenvalue weighted by Gasteiger charge is -2.07. The molecule has 1 heterocycles. The van der Waals surface area contributed by atoms with E-state index >= 15 is 0 Å². The zero-order valence-corrected chi connectivity index (χ0v) is 14.7. The lowest BCUT2D eigenvalue weighted by atomic mass is 10.3. The van der Waals surface area contributed by atoms with Crippen molar-refractivity contribution in [1.82, 2.24) is 14.3 Å². The number of aromatic amines is 1. The van der Waals surface area contributed by atoms with Crippen LogP contribution in [0.1, 0.15) is 39.5 Å². The molecule has 5 nitrogen and oxygen atoms in total. The molecule has 2 N–H and O–H groups in total. The number of hydrogen-bond acceptors (Lipinski definition) is 3. The van der Waals surface area contributed by atoms with E-state index in [2.05, 4.69) is 16.6 Å². The van der Waals surface area contributed by atoms with Crippen molar-refractivity contribution in [1.29, 1.82) is 0 Å². The first kappa shape index (κ1) is 17.2. The predicted molar refractivity (Wildman–Crippen MR) is 92.1 cm³/mol. The van der Waals surface area contributed by atoms with Gasteiger partial charge < -0.3 is 9.55 Å². The van der Waals surface area contributed by atoms with Gasteiger partial charge in [0, 0.05) is 13.1 Å². The number of hydrogen-bond donors (Lipinski definition) is 2. The van der Waals surface area contributed by atoms with Crippen molar-refractivity contribution in [3.63, 3.8) is 0 Å². The quantitative estimate of drug-likeness (QED) is 0.570. The maximum atomic E-state index is 12.3. The topological polar surface area (TPSA) is 66.9 Å². The molecule has 0 unspecified atom stereocenters. The van der Waals surface area contributed by atoms with Crippen LogP contribution in [0.3, 0.4) is 0 Å². The summed E-state index contributed by atoms with van der Waals surface area (Å²) in [7, 11) is -3.46. The molecular weight excluding hydrogens is 318 g/mol. The van der Waals surface area contributed by atoms with E-state index in [1.54, 1.807) is 12.1 Å². The second kappa shape index (κ2) is 7.39. The Morgan fingerprint density at radius 2 is 1.95 bits per heavy atom. The van der Waals surface area contributed by atoms with Crippen molar-refractivity contribution in [2.24, 2.45) is 0 Å². The van der Waals surface area contributed by atoms with Crippen molar-refractivity contribution in [2.75, 3.05) is 6.54 Å². The van der Waals surface area contributed by atoms with Crippen LogP contribution in [0.5, 0.6) is 0 Å². The number of benzene rings is 1. The summed E-state index contributed by atoms with van der Waals surface area (Å²) >= 11 is 5.33. The molecule has 0 saturated heterocycles. The van der Waals surface area contributed by atoms with Gasteiger partial charge >= 0.3 is 0 Å². The van der Waals surface area contributed by atoms with Gasteiger partial charge in [-0.15, -0.1) is 0 Å². The van der Waals surface area contributed by atoms with Gasteiger partial charge in [0.05, 0.1) is 15.9 Å². The second-order valence-electron chi connectivity index (χ2n) is 5.37. The molecule has 0 radical (unpaired) electrons. The first-order chi connectivity index (χ1) is 10.5. The fourth-order valence-corrected chi connectivity index (χ4v) is 3.71. The zero-order chi connectivity index (χ0) is 16.2. The van der Waals surface area contributed by atoms with E-state index in [4.69, 9.17) is 12.2 Å². The van der Waals surface area contributed by atoms with Crippen molar-refractivity contribution < 1.29 is 8.42 Å². The third kappa shape index (κ3) is 3.77. The van der Waals surface area contributed by atoms with Gasteiger partial charge in [0.1, 0.15) is 0 Å². The van der Waals surface area contributed by atoms with Crippen molar-refractivity contribution >= 4 is 33.3 Å². The molecule has 7 heteroatoms. The van der Waals surface area contributed by atoms with Crippen LogP contribution in [0.2, 0.25) is 0 Å². The van der Waals surface area contributed by atoms with Crippen molar-refractivity contribution in [3.05, 3.63) is 23.0 Å². The fourth-order valence-electron chi connectivity index (χ4n) is 2.31. The molecule has 2 aromatic rings. The third-order valence-electron chi connectivity index (χ3n) is 3.61. The third-order valence-corrected chi connectivity index (χ3v) is 5.39. The molecule has 122 valence electrons. The van der Waals surface area contributed by atoms with Crippen LogP contribution < -0.4 is 4.72 Å². The summed E-state index contributed by atoms with van der Waals surface area (Å²) in [6, 6.07) is 5.12. The van der Waals surface area contributed by atoms with Crippen molar-refractivity contribution in [2.45, 2.75) is 51.0 Å². The van der Waals surface area contributed by atoms with E-state index in [1.165, 1.54) is 0 Å². The summed E-state index contributed by atoms with van der Waals surface area (Å²) in [5.74, 6) is 0. The highest BCUT2D eigenvalue weighted by atomic mass is 32.2. The Balaban J connectivity index is 2.33. The molecule has 0 aliphatic rings. The van der Waals surface area contributed by atoms with Crippen LogP contribution in [-0.4, -0.2) is 24.5 Å². The Morgan fingerprint density at radius 1 is 1.23 bits per heavy atom. The molecule has 0 bridgehead atoms. The molecule has 22 heavy (non-hydrogen) atoms. The van der Waals surface area contributed by atoms with Gasteiger partial charge in [-0.2, -0.15) is 0 Å². The Morgan fingerprint density at radius 3 is 2.64 bits per heavy atom. The lowest BCUT2D eigenvalue weighted by Crippen LogP contribution is -2.24. The monoisotopic (exact) mass is 341 g/mol. The number of aryl methyl sites for hydroxylation is 1. The molecule has 2 rings (SSSR count). The second-order valence-corrected chi connectivity index (χ2v) is 7.52. The number of H-pyrrole nitrogens is 1. The highest BCUT2D eigenvalue weighted by molar-refractivity contribution is 7.89. The minimum Gasteiger partial charge on any atom is -0.331 e. The number of nitrogens with one attached hydrogen (secondary N) is 2. The van der Waals surface area contributed by atoms with Crippen LogP contribution in [-0.2, 0) is 16.6 Å². The van der Waals surface area contributed by atoms with Gasteiger partial charge in [0.2, 0.25) is 10.0 Å². The van der Waals surface area contributed by atoms with Crippen LogP contribution in [0.25, 0.3) is 11.0 Å². The summed E-state index contributed by atoms with van der Waals surface area (Å²) in [6.07, 6.45) is 3.91. The molecule has 1 aromatic heterocycles. The normalized spacial score (nSPS) is 12.1. The Kier molecular flexibility index (Phi) is 5.77. The average Bonchev–Trinajstić information content (AvgIpc) is 2.79. The zero-order valence-electron chi connectivity index (χ0n) is 13.1. The maximum Gasteiger partial charge on any atom is 0.240 e. The van der Waals surface area contributed by atoms with Crippen LogP contribution >= 0.6 is 12.2 Å². The van der Waals surface area contributed by atoms with Crippen LogP contribution in [0, 0.1) is 4.77 Å². The van der Waals surface area contributed by atoms with Gasteiger partial charge in [-0.1, -0.05) is 26.7 Å². The number of imidazole rings is 1. The number of nitrogens with zero attached hydrogens (tertiary/aromatic N) is 1. The lowest BCUT2D eigenvalue weighted by molar-refractivity contribution is 0.578. The van der Waals surface area contributed by atoms with E-state index in [-0.39, 0.29) is 4.90 Å². The number of unbranched alkanes of at least 4 members (excludes halogenated alkanes) is 2. The summed E-state index contributed by atoms with van der Waals surface area (Å²) in [4.78, 5) is 3.37. The van der Waals surface area contributed by atoms with E-state index in [1.807, 2.05) is 17.6 Å². The van der Waals surface area contributed by atoms with E-state index < -0.39 is 10.0 Å². The highest BCUT2D eigenvalue weighted by Gasteiger charge is 2.15. The minimum atomic E-state index is -3.46. The molecule has 0 fully saturated rings. The predicted octanol–water partition coefficient (Wildman–Crippen LogP) is 3.58. The van der Waals surface area contributed by atoms with E-state index in [0.29, 0.717) is 11.3 Å². The van der Waals surface area contributed by atoms with E-state index in [0.717, 1.165) is 43.3 Å². The Labute approximate surface area is 136 Å². The summed E-state index contributed by atoms with van der Waals surface area (Å²) < 4.78 is 29.8. The number of aromatic nitrogens is 2. The van der Waals surface area contributed by atoms with Gasteiger partial charge in [-0.25, -0.2) is 13.1 Å². The maximum absolute atomic E-state index is 12.3. The number of rotatable bonds is 8. The number of sulfonamides is 1. The molecule has 0 saturated carbocycles. The van der Waals surface area contributed by atoms with Crippen molar-refractivity contribution in [3.8, 4) is 0 Å². The molecular formula is C15H23N3O2S2. The molecule has 0 amide bonds. The highest BCUT2D eigenvalue weighted by Crippen LogP contribution is 2.19. The summed E-state index contributed by atoms with van der Waals surface area (Å²) in [6.45, 7) is 5.46. The van der Waals surface area contributed by atoms with Gasteiger partial charge in [0.15, 0.2) is 4.77 Å². The summed E-state index contributed by atoms with van der Waals surface area (Å²) in [5, 5.41) is 0. The van der Waals surface area contributed by atoms with Crippen LogP contribution in [0.4, 0.5) is 0 Å². The van der Waals surface area contributed by atoms with Crippen LogP contribution in [0.15, 0.2) is 23.1 Å². The number of fused-ring (bicyclic) bond motifs is 1. The van der Waals surface area contributed by atoms with Gasteiger partial charge in [0.25, 0.3) is 0 Å². The summed E-state index contributed by atoms with van der Waals surface area (Å²) in [5.41, 5.74) is 1.71. The van der Waals surface area contributed by atoms with E-state index in [9.17, 15) is 8.42 Å².